The van der Waals surface area contributed by atoms with E-state index in [0.29, 0.717) is 5.69 Å². The van der Waals surface area contributed by atoms with Crippen LogP contribution >= 0.6 is 0 Å². The van der Waals surface area contributed by atoms with Crippen molar-refractivity contribution in [1.29, 1.82) is 0 Å². The molecule has 0 aliphatic carbocycles. The van der Waals surface area contributed by atoms with Crippen LogP contribution in [-0.2, 0) is 13.7 Å². The van der Waals surface area contributed by atoms with E-state index in [0.717, 1.165) is 0 Å². The first-order valence-electron chi connectivity index (χ1n) is 4.02. The van der Waals surface area contributed by atoms with Crippen molar-refractivity contribution in [2.45, 2.75) is 13.5 Å². The summed E-state index contributed by atoms with van der Waals surface area (Å²) in [7, 11) is 1.53. The fourth-order valence-electron chi connectivity index (χ4n) is 1.21. The van der Waals surface area contributed by atoms with Gasteiger partial charge in [-0.25, -0.2) is 4.79 Å². The number of aliphatic hydroxyl groups is 1. The Kier molecular flexibility index (Phi) is 5.93. The van der Waals surface area contributed by atoms with E-state index in [-0.39, 0.29) is 62.5 Å². The van der Waals surface area contributed by atoms with Gasteiger partial charge < -0.3 is 14.8 Å². The van der Waals surface area contributed by atoms with Crippen molar-refractivity contribution in [3.63, 3.8) is 0 Å². The first-order chi connectivity index (χ1) is 6.49. The average molecular weight is 236 g/mol. The van der Waals surface area contributed by atoms with Gasteiger partial charge in [0.2, 0.25) is 0 Å². The third-order valence-electron chi connectivity index (χ3n) is 2.16. The maximum Gasteiger partial charge on any atom is 1.00 e. The number of aromatic nitrogens is 1. The van der Waals surface area contributed by atoms with Crippen molar-refractivity contribution in [2.24, 2.45) is 7.05 Å². The van der Waals surface area contributed by atoms with Crippen LogP contribution in [0.5, 0.6) is 0 Å². The molecule has 0 fully saturated rings. The molecule has 0 saturated carbocycles. The second kappa shape index (κ2) is 5.93. The molecule has 5 nitrogen and oxygen atoms in total. The van der Waals surface area contributed by atoms with E-state index in [1.807, 2.05) is 0 Å². The van der Waals surface area contributed by atoms with E-state index in [1.54, 1.807) is 6.92 Å². The smallest absolute Gasteiger partial charge is 0.478 e. The predicted octanol–water partition coefficient (Wildman–Crippen LogP) is -3.11. The molecule has 0 amide bonds. The maximum absolute atomic E-state index is 11.5. The van der Waals surface area contributed by atoms with Crippen molar-refractivity contribution in [3.8, 4) is 0 Å². The van der Waals surface area contributed by atoms with Crippen molar-refractivity contribution in [2.75, 3.05) is 0 Å². The molecule has 0 radical (unpaired) electrons. The second-order valence-electron chi connectivity index (χ2n) is 3.01. The van der Waals surface area contributed by atoms with E-state index in [4.69, 9.17) is 10.2 Å². The minimum atomic E-state index is -1.20. The molecule has 0 unspecified atom stereocenters. The quantitative estimate of drug-likeness (QED) is 0.533. The monoisotopic (exact) mass is 236 g/mol. The summed E-state index contributed by atoms with van der Waals surface area (Å²) in [5.41, 5.74) is -0.131. The molecule has 0 atom stereocenters. The molecule has 2 N–H and O–H groups in total. The van der Waals surface area contributed by atoms with Crippen molar-refractivity contribution in [3.05, 3.63) is 33.2 Å². The van der Waals surface area contributed by atoms with Gasteiger partial charge in [0.15, 0.2) is 0 Å². The number of aliphatic hydroxyl groups excluding tert-OH is 1. The summed E-state index contributed by atoms with van der Waals surface area (Å²) in [6.45, 7) is 1.07. The summed E-state index contributed by atoms with van der Waals surface area (Å²) < 4.78 is 1.30. The SMILES string of the molecule is Cc1cc(C(=O)O)c(CO)c(=O)n1C.[K+]. The second-order valence-corrected chi connectivity index (χ2v) is 3.01. The summed E-state index contributed by atoms with van der Waals surface area (Å²) in [5, 5.41) is 17.7. The number of carbonyl (C=O) groups is 1. The fraction of sp³-hybridized carbons (Fsp3) is 0.333. The first-order valence-corrected chi connectivity index (χ1v) is 4.02. The Balaban J connectivity index is 0.00000196. The summed E-state index contributed by atoms with van der Waals surface area (Å²) in [4.78, 5) is 22.2. The number of hydrogen-bond donors (Lipinski definition) is 2. The zero-order chi connectivity index (χ0) is 10.9. The molecule has 1 aromatic rings. The van der Waals surface area contributed by atoms with Crippen LogP contribution in [-0.4, -0.2) is 20.7 Å². The van der Waals surface area contributed by atoms with Crippen LogP contribution in [0.3, 0.4) is 0 Å². The molecule has 15 heavy (non-hydrogen) atoms. The molecule has 6 heteroatoms. The minimum Gasteiger partial charge on any atom is -0.478 e. The van der Waals surface area contributed by atoms with E-state index >= 15 is 0 Å². The number of aryl methyl sites for hydroxylation is 1. The Labute approximate surface area is 129 Å². The maximum atomic E-state index is 11.5. The van der Waals surface area contributed by atoms with Gasteiger partial charge in [0.05, 0.1) is 17.7 Å². The average Bonchev–Trinajstić information content (AvgIpc) is 2.13. The van der Waals surface area contributed by atoms with Gasteiger partial charge in [-0.15, -0.1) is 0 Å². The predicted molar refractivity (Wildman–Crippen MR) is 49.3 cm³/mol. The molecule has 0 aliphatic rings. The normalized spacial score (nSPS) is 9.53. The Hall–Kier alpha value is 0.0164. The van der Waals surface area contributed by atoms with Gasteiger partial charge in [0, 0.05) is 12.7 Å². The Morgan fingerprint density at radius 2 is 2.07 bits per heavy atom. The van der Waals surface area contributed by atoms with Gasteiger partial charge in [-0.1, -0.05) is 0 Å². The molecule has 76 valence electrons. The number of carboxylic acid groups (broad SMARTS) is 1. The third kappa shape index (κ3) is 2.99. The topological polar surface area (TPSA) is 79.5 Å². The molecule has 0 spiro atoms. The van der Waals surface area contributed by atoms with Gasteiger partial charge >= 0.3 is 57.4 Å². The Morgan fingerprint density at radius 1 is 1.53 bits per heavy atom. The standard InChI is InChI=1S/C9H11NO4.K/c1-5-3-6(9(13)14)7(4-11)8(12)10(5)2;/h3,11H,4H2,1-2H3,(H,13,14);/q;+1. The molecular formula is C9H11KNO4+. The molecule has 0 bridgehead atoms. The molecule has 1 aromatic heterocycles. The Bertz CT molecular complexity index is 438. The molecular weight excluding hydrogens is 225 g/mol. The number of hydrogen-bond acceptors (Lipinski definition) is 3. The van der Waals surface area contributed by atoms with E-state index in [1.165, 1.54) is 17.7 Å². The van der Waals surface area contributed by atoms with E-state index in [9.17, 15) is 9.59 Å². The number of pyridine rings is 1. The number of carboxylic acids is 1. The van der Waals surface area contributed by atoms with Gasteiger partial charge in [0.1, 0.15) is 0 Å². The first kappa shape index (κ1) is 15.0. The van der Waals surface area contributed by atoms with Gasteiger partial charge in [-0.05, 0) is 13.0 Å². The zero-order valence-electron chi connectivity index (χ0n) is 8.94. The van der Waals surface area contributed by atoms with Crippen molar-refractivity contribution < 1.29 is 66.4 Å². The van der Waals surface area contributed by atoms with E-state index in [2.05, 4.69) is 0 Å². The Morgan fingerprint density at radius 3 is 2.47 bits per heavy atom. The summed E-state index contributed by atoms with van der Waals surface area (Å²) >= 11 is 0. The van der Waals surface area contributed by atoms with Crippen LogP contribution in [0.1, 0.15) is 21.6 Å². The molecule has 1 heterocycles. The van der Waals surface area contributed by atoms with Crippen molar-refractivity contribution >= 4 is 5.97 Å². The van der Waals surface area contributed by atoms with Crippen LogP contribution in [0.2, 0.25) is 0 Å². The summed E-state index contributed by atoms with van der Waals surface area (Å²) in [6, 6.07) is 1.37. The van der Waals surface area contributed by atoms with Crippen LogP contribution in [0.15, 0.2) is 10.9 Å². The third-order valence-corrected chi connectivity index (χ3v) is 2.16. The molecule has 0 aromatic carbocycles. The molecule has 1 rings (SSSR count). The van der Waals surface area contributed by atoms with Crippen LogP contribution in [0.4, 0.5) is 0 Å². The van der Waals surface area contributed by atoms with E-state index < -0.39 is 18.1 Å². The molecule has 0 aliphatic heterocycles. The molecule has 0 saturated heterocycles. The van der Waals surface area contributed by atoms with Crippen LogP contribution in [0, 0.1) is 6.92 Å². The summed E-state index contributed by atoms with van der Waals surface area (Å²) in [6.07, 6.45) is 0. The van der Waals surface area contributed by atoms with Crippen molar-refractivity contribution in [1.82, 2.24) is 4.57 Å². The summed E-state index contributed by atoms with van der Waals surface area (Å²) in [5.74, 6) is -1.20. The van der Waals surface area contributed by atoms with Crippen LogP contribution in [0.25, 0.3) is 0 Å². The zero-order valence-corrected chi connectivity index (χ0v) is 12.1. The number of rotatable bonds is 2. The van der Waals surface area contributed by atoms with Gasteiger partial charge in [-0.2, -0.15) is 0 Å². The fourth-order valence-corrected chi connectivity index (χ4v) is 1.21. The number of aromatic carboxylic acids is 1. The van der Waals surface area contributed by atoms with Crippen LogP contribution < -0.4 is 56.9 Å². The number of nitrogens with zero attached hydrogens (tertiary/aromatic N) is 1. The largest absolute Gasteiger partial charge is 1.00 e. The minimum absolute atomic E-state index is 0. The van der Waals surface area contributed by atoms with Gasteiger partial charge in [0.25, 0.3) is 5.56 Å². The van der Waals surface area contributed by atoms with Gasteiger partial charge in [-0.3, -0.25) is 4.79 Å².